The smallest absolute Gasteiger partial charge is 0.306 e. The van der Waals surface area contributed by atoms with E-state index in [2.05, 4.69) is 13.8 Å². The van der Waals surface area contributed by atoms with Gasteiger partial charge < -0.3 is 4.74 Å². The second-order valence-electron chi connectivity index (χ2n) is 8.17. The van der Waals surface area contributed by atoms with Crippen LogP contribution in [0.4, 0.5) is 0 Å². The van der Waals surface area contributed by atoms with Crippen molar-refractivity contribution in [1.82, 2.24) is 0 Å². The standard InChI is InChI=1S/C20H36O2/c1-4-6-19(21)22-18-9-7-16(8-10-18)17-11-14-20(3,13-5-2)15-12-17/h16-18H,4-15H2,1-3H3. The minimum absolute atomic E-state index is 0.0129. The molecule has 2 aliphatic rings. The zero-order valence-corrected chi connectivity index (χ0v) is 15.0. The van der Waals surface area contributed by atoms with Gasteiger partial charge in [0.25, 0.3) is 0 Å². The fourth-order valence-electron chi connectivity index (χ4n) is 4.79. The van der Waals surface area contributed by atoms with Gasteiger partial charge in [0.1, 0.15) is 6.10 Å². The number of esters is 1. The SMILES string of the molecule is CCCC(=O)OC1CCC(C2CCC(C)(CCC)CC2)CC1. The van der Waals surface area contributed by atoms with Gasteiger partial charge in [0.2, 0.25) is 0 Å². The Labute approximate surface area is 137 Å². The maximum Gasteiger partial charge on any atom is 0.306 e. The molecule has 0 saturated heterocycles. The van der Waals surface area contributed by atoms with Crippen LogP contribution in [0.15, 0.2) is 0 Å². The lowest BCUT2D eigenvalue weighted by Gasteiger charge is -2.42. The highest BCUT2D eigenvalue weighted by Crippen LogP contribution is 2.46. The molecule has 0 N–H and O–H groups in total. The van der Waals surface area contributed by atoms with Crippen LogP contribution in [0.25, 0.3) is 0 Å². The van der Waals surface area contributed by atoms with Gasteiger partial charge in [-0.05, 0) is 81.5 Å². The monoisotopic (exact) mass is 308 g/mol. The molecular weight excluding hydrogens is 272 g/mol. The average molecular weight is 309 g/mol. The van der Waals surface area contributed by atoms with Crippen LogP contribution >= 0.6 is 0 Å². The molecule has 0 radical (unpaired) electrons. The van der Waals surface area contributed by atoms with Crippen molar-refractivity contribution in [2.24, 2.45) is 17.3 Å². The lowest BCUT2D eigenvalue weighted by Crippen LogP contribution is -2.32. The van der Waals surface area contributed by atoms with E-state index in [-0.39, 0.29) is 12.1 Å². The second kappa shape index (κ2) is 8.36. The van der Waals surface area contributed by atoms with Crippen LogP contribution in [-0.4, -0.2) is 12.1 Å². The van der Waals surface area contributed by atoms with Crippen molar-refractivity contribution >= 4 is 5.97 Å². The van der Waals surface area contributed by atoms with E-state index < -0.39 is 0 Å². The minimum Gasteiger partial charge on any atom is -0.462 e. The maximum atomic E-state index is 11.6. The summed E-state index contributed by atoms with van der Waals surface area (Å²) in [6, 6.07) is 0. The van der Waals surface area contributed by atoms with Crippen molar-refractivity contribution in [1.29, 1.82) is 0 Å². The molecule has 2 saturated carbocycles. The molecular formula is C20H36O2. The Balaban J connectivity index is 1.70. The van der Waals surface area contributed by atoms with E-state index in [0.29, 0.717) is 11.8 Å². The van der Waals surface area contributed by atoms with Gasteiger partial charge >= 0.3 is 5.97 Å². The van der Waals surface area contributed by atoms with Gasteiger partial charge in [0.15, 0.2) is 0 Å². The van der Waals surface area contributed by atoms with Crippen molar-refractivity contribution in [3.8, 4) is 0 Å². The third kappa shape index (κ3) is 4.99. The van der Waals surface area contributed by atoms with Crippen molar-refractivity contribution in [3.05, 3.63) is 0 Å². The summed E-state index contributed by atoms with van der Waals surface area (Å²) in [6.07, 6.45) is 14.9. The molecule has 22 heavy (non-hydrogen) atoms. The minimum atomic E-state index is 0.0129. The Kier molecular flexibility index (Phi) is 6.77. The third-order valence-electron chi connectivity index (χ3n) is 6.23. The number of ether oxygens (including phenoxy) is 1. The molecule has 0 spiro atoms. The van der Waals surface area contributed by atoms with Gasteiger partial charge in [-0.25, -0.2) is 0 Å². The number of carbonyl (C=O) groups is 1. The van der Waals surface area contributed by atoms with E-state index in [1.165, 1.54) is 51.4 Å². The lowest BCUT2D eigenvalue weighted by atomic mass is 9.64. The molecule has 0 aliphatic heterocycles. The Morgan fingerprint density at radius 1 is 0.955 bits per heavy atom. The first kappa shape index (κ1) is 17.8. The summed E-state index contributed by atoms with van der Waals surface area (Å²) in [4.78, 5) is 11.6. The second-order valence-corrected chi connectivity index (χ2v) is 8.17. The zero-order valence-electron chi connectivity index (χ0n) is 15.0. The van der Waals surface area contributed by atoms with E-state index in [9.17, 15) is 4.79 Å². The average Bonchev–Trinajstić information content (AvgIpc) is 2.49. The summed E-state index contributed by atoms with van der Waals surface area (Å²) in [5.74, 6) is 1.85. The van der Waals surface area contributed by atoms with E-state index in [4.69, 9.17) is 4.74 Å². The van der Waals surface area contributed by atoms with Crippen LogP contribution < -0.4 is 0 Å². The Morgan fingerprint density at radius 2 is 1.55 bits per heavy atom. The molecule has 0 heterocycles. The van der Waals surface area contributed by atoms with Crippen LogP contribution in [-0.2, 0) is 9.53 Å². The van der Waals surface area contributed by atoms with Crippen molar-refractivity contribution in [3.63, 3.8) is 0 Å². The zero-order chi connectivity index (χ0) is 16.0. The molecule has 2 heteroatoms. The molecule has 128 valence electrons. The van der Waals surface area contributed by atoms with Crippen LogP contribution in [0.2, 0.25) is 0 Å². The molecule has 0 amide bonds. The molecule has 0 aromatic heterocycles. The van der Waals surface area contributed by atoms with Crippen LogP contribution in [0.3, 0.4) is 0 Å². The highest BCUT2D eigenvalue weighted by molar-refractivity contribution is 5.69. The summed E-state index contributed by atoms with van der Waals surface area (Å²) in [5.41, 5.74) is 0.623. The number of hydrogen-bond donors (Lipinski definition) is 0. The highest BCUT2D eigenvalue weighted by Gasteiger charge is 2.35. The molecule has 2 fully saturated rings. The quantitative estimate of drug-likeness (QED) is 0.572. The van der Waals surface area contributed by atoms with E-state index in [0.717, 1.165) is 31.1 Å². The topological polar surface area (TPSA) is 26.3 Å². The third-order valence-corrected chi connectivity index (χ3v) is 6.23. The van der Waals surface area contributed by atoms with Crippen LogP contribution in [0.1, 0.15) is 97.8 Å². The molecule has 2 nitrogen and oxygen atoms in total. The summed E-state index contributed by atoms with van der Waals surface area (Å²) >= 11 is 0. The summed E-state index contributed by atoms with van der Waals surface area (Å²) in [7, 11) is 0. The van der Waals surface area contributed by atoms with Crippen LogP contribution in [0, 0.1) is 17.3 Å². The normalized spacial score (nSPS) is 36.0. The molecule has 0 aromatic rings. The van der Waals surface area contributed by atoms with Gasteiger partial charge in [-0.2, -0.15) is 0 Å². The first-order valence-corrected chi connectivity index (χ1v) is 9.76. The molecule has 2 rings (SSSR count). The van der Waals surface area contributed by atoms with Gasteiger partial charge in [-0.15, -0.1) is 0 Å². The van der Waals surface area contributed by atoms with Crippen molar-refractivity contribution in [2.45, 2.75) is 104 Å². The maximum absolute atomic E-state index is 11.6. The van der Waals surface area contributed by atoms with Crippen LogP contribution in [0.5, 0.6) is 0 Å². The van der Waals surface area contributed by atoms with Gasteiger partial charge in [0, 0.05) is 6.42 Å². The predicted molar refractivity (Wildman–Crippen MR) is 91.7 cm³/mol. The Bertz CT molecular complexity index is 334. The first-order chi connectivity index (χ1) is 10.6. The number of hydrogen-bond acceptors (Lipinski definition) is 2. The lowest BCUT2D eigenvalue weighted by molar-refractivity contribution is -0.151. The predicted octanol–water partition coefficient (Wildman–Crippen LogP) is 5.89. The molecule has 0 unspecified atom stereocenters. The van der Waals surface area contributed by atoms with Crippen molar-refractivity contribution in [2.75, 3.05) is 0 Å². The van der Waals surface area contributed by atoms with E-state index >= 15 is 0 Å². The van der Waals surface area contributed by atoms with Gasteiger partial charge in [0.05, 0.1) is 0 Å². The molecule has 2 aliphatic carbocycles. The van der Waals surface area contributed by atoms with E-state index in [1.54, 1.807) is 0 Å². The van der Waals surface area contributed by atoms with Gasteiger partial charge in [-0.1, -0.05) is 27.2 Å². The molecule has 0 atom stereocenters. The Hall–Kier alpha value is -0.530. The fraction of sp³-hybridized carbons (Fsp3) is 0.950. The van der Waals surface area contributed by atoms with E-state index in [1.807, 2.05) is 6.92 Å². The number of carbonyl (C=O) groups excluding carboxylic acids is 1. The first-order valence-electron chi connectivity index (χ1n) is 9.76. The highest BCUT2D eigenvalue weighted by atomic mass is 16.5. The van der Waals surface area contributed by atoms with Crippen molar-refractivity contribution < 1.29 is 9.53 Å². The molecule has 0 bridgehead atoms. The fourth-order valence-corrected chi connectivity index (χ4v) is 4.79. The number of rotatable bonds is 6. The Morgan fingerprint density at radius 3 is 2.09 bits per heavy atom. The molecule has 0 aromatic carbocycles. The summed E-state index contributed by atoms with van der Waals surface area (Å²) in [5, 5.41) is 0. The summed E-state index contributed by atoms with van der Waals surface area (Å²) < 4.78 is 5.59. The van der Waals surface area contributed by atoms with Gasteiger partial charge in [-0.3, -0.25) is 4.79 Å². The largest absolute Gasteiger partial charge is 0.462 e. The summed E-state index contributed by atoms with van der Waals surface area (Å²) in [6.45, 7) is 6.85.